The minimum atomic E-state index is -0.886. The van der Waals surface area contributed by atoms with Crippen LogP contribution < -0.4 is 4.90 Å². The predicted octanol–water partition coefficient (Wildman–Crippen LogP) is 3.69. The van der Waals surface area contributed by atoms with Gasteiger partial charge in [-0.25, -0.2) is 4.79 Å². The summed E-state index contributed by atoms with van der Waals surface area (Å²) in [4.78, 5) is 13.3. The molecule has 0 heterocycles. The lowest BCUT2D eigenvalue weighted by Gasteiger charge is -2.28. The van der Waals surface area contributed by atoms with Crippen molar-refractivity contribution >= 4 is 27.6 Å². The molecule has 94 valence electrons. The number of carbonyl (C=O) groups is 1. The summed E-state index contributed by atoms with van der Waals surface area (Å²) in [6.45, 7) is 6.09. The first kappa shape index (κ1) is 14.0. The highest BCUT2D eigenvalue weighted by Gasteiger charge is 2.16. The number of carboxylic acid groups (broad SMARTS) is 1. The average molecular weight is 300 g/mol. The molecule has 4 heteroatoms. The lowest BCUT2D eigenvalue weighted by molar-refractivity contribution is 0.0696. The molecule has 0 fully saturated rings. The van der Waals surface area contributed by atoms with E-state index in [2.05, 4.69) is 34.7 Å². The van der Waals surface area contributed by atoms with Gasteiger partial charge in [0.25, 0.3) is 0 Å². The van der Waals surface area contributed by atoms with E-state index >= 15 is 0 Å². The Kier molecular flexibility index (Phi) is 4.57. The van der Waals surface area contributed by atoms with E-state index in [4.69, 9.17) is 5.11 Å². The van der Waals surface area contributed by atoms with Crippen LogP contribution in [-0.2, 0) is 0 Å². The second kappa shape index (κ2) is 5.54. The zero-order chi connectivity index (χ0) is 13.2. The Morgan fingerprint density at radius 1 is 1.53 bits per heavy atom. The summed E-state index contributed by atoms with van der Waals surface area (Å²) >= 11 is 3.36. The van der Waals surface area contributed by atoms with Gasteiger partial charge in [-0.15, -0.1) is 0 Å². The Balaban J connectivity index is 3.29. The molecule has 0 aliphatic carbocycles. The topological polar surface area (TPSA) is 40.5 Å². The number of aromatic carboxylic acids is 1. The maximum absolute atomic E-state index is 11.1. The van der Waals surface area contributed by atoms with Crippen LogP contribution in [-0.4, -0.2) is 24.2 Å². The van der Waals surface area contributed by atoms with Crippen molar-refractivity contribution in [3.63, 3.8) is 0 Å². The summed E-state index contributed by atoms with van der Waals surface area (Å²) in [5.41, 5.74) is 2.12. The second-order valence-corrected chi connectivity index (χ2v) is 5.19. The Morgan fingerprint density at radius 3 is 2.59 bits per heavy atom. The van der Waals surface area contributed by atoms with E-state index in [0.29, 0.717) is 11.6 Å². The second-order valence-electron chi connectivity index (χ2n) is 4.27. The van der Waals surface area contributed by atoms with Gasteiger partial charge in [-0.1, -0.05) is 22.9 Å². The SMILES string of the molecule is CCC(C)N(C)c1cc(Br)cc(C(=O)O)c1C. The van der Waals surface area contributed by atoms with Crippen LogP contribution in [0.3, 0.4) is 0 Å². The number of anilines is 1. The Hall–Kier alpha value is -1.03. The minimum Gasteiger partial charge on any atom is -0.478 e. The molecule has 0 bridgehead atoms. The molecule has 1 N–H and O–H groups in total. The van der Waals surface area contributed by atoms with Crippen LogP contribution in [0.5, 0.6) is 0 Å². The molecule has 3 nitrogen and oxygen atoms in total. The van der Waals surface area contributed by atoms with E-state index in [1.165, 1.54) is 0 Å². The first-order chi connectivity index (χ1) is 7.88. The van der Waals surface area contributed by atoms with Gasteiger partial charge >= 0.3 is 5.97 Å². The number of nitrogens with zero attached hydrogens (tertiary/aromatic N) is 1. The number of rotatable bonds is 4. The molecular formula is C13H18BrNO2. The van der Waals surface area contributed by atoms with Gasteiger partial charge in [-0.2, -0.15) is 0 Å². The molecule has 1 rings (SSSR count). The fourth-order valence-electron chi connectivity index (χ4n) is 1.76. The molecule has 0 aliphatic rings. The van der Waals surface area contributed by atoms with Gasteiger partial charge in [0.15, 0.2) is 0 Å². The lowest BCUT2D eigenvalue weighted by atomic mass is 10.0. The summed E-state index contributed by atoms with van der Waals surface area (Å²) in [5.74, 6) is -0.886. The molecule has 1 aromatic rings. The van der Waals surface area contributed by atoms with Crippen LogP contribution >= 0.6 is 15.9 Å². The summed E-state index contributed by atoms with van der Waals surface area (Å²) in [6.07, 6.45) is 1.02. The summed E-state index contributed by atoms with van der Waals surface area (Å²) < 4.78 is 0.797. The third-order valence-corrected chi connectivity index (χ3v) is 3.67. The standard InChI is InChI=1S/C13H18BrNO2/c1-5-8(2)15(4)12-7-10(14)6-11(9(12)3)13(16)17/h6-8H,5H2,1-4H3,(H,16,17). The van der Waals surface area contributed by atoms with Crippen molar-refractivity contribution in [2.24, 2.45) is 0 Å². The van der Waals surface area contributed by atoms with Crippen LogP contribution in [0.15, 0.2) is 16.6 Å². The Bertz CT molecular complexity index is 432. The number of carboxylic acids is 1. The quantitative estimate of drug-likeness (QED) is 0.922. The number of hydrogen-bond acceptors (Lipinski definition) is 2. The zero-order valence-electron chi connectivity index (χ0n) is 10.6. The van der Waals surface area contributed by atoms with Gasteiger partial charge in [-0.05, 0) is 38.0 Å². The fourth-order valence-corrected chi connectivity index (χ4v) is 2.21. The molecule has 0 radical (unpaired) electrons. The largest absolute Gasteiger partial charge is 0.478 e. The van der Waals surface area contributed by atoms with Gasteiger partial charge in [0.05, 0.1) is 5.56 Å². The smallest absolute Gasteiger partial charge is 0.336 e. The highest BCUT2D eigenvalue weighted by Crippen LogP contribution is 2.29. The third-order valence-electron chi connectivity index (χ3n) is 3.21. The molecule has 0 aliphatic heterocycles. The first-order valence-corrected chi connectivity index (χ1v) is 6.44. The van der Waals surface area contributed by atoms with Crippen molar-refractivity contribution in [2.75, 3.05) is 11.9 Å². The number of hydrogen-bond donors (Lipinski definition) is 1. The Labute approximate surface area is 111 Å². The summed E-state index contributed by atoms with van der Waals surface area (Å²) in [7, 11) is 1.99. The van der Waals surface area contributed by atoms with Crippen molar-refractivity contribution in [3.05, 3.63) is 27.7 Å². The van der Waals surface area contributed by atoms with E-state index < -0.39 is 5.97 Å². The van der Waals surface area contributed by atoms with Gasteiger partial charge in [0, 0.05) is 23.2 Å². The molecule has 1 unspecified atom stereocenters. The van der Waals surface area contributed by atoms with Crippen LogP contribution in [0, 0.1) is 6.92 Å². The molecule has 1 atom stereocenters. The summed E-state index contributed by atoms with van der Waals surface area (Å²) in [6, 6.07) is 3.99. The fraction of sp³-hybridized carbons (Fsp3) is 0.462. The number of halogens is 1. The molecule has 1 aromatic carbocycles. The van der Waals surface area contributed by atoms with Crippen molar-refractivity contribution in [1.29, 1.82) is 0 Å². The third kappa shape index (κ3) is 3.00. The van der Waals surface area contributed by atoms with E-state index in [1.807, 2.05) is 20.0 Å². The van der Waals surface area contributed by atoms with E-state index in [9.17, 15) is 4.79 Å². The molecule has 0 aromatic heterocycles. The van der Waals surface area contributed by atoms with Crippen LogP contribution in [0.25, 0.3) is 0 Å². The van der Waals surface area contributed by atoms with Gasteiger partial charge in [-0.3, -0.25) is 0 Å². The minimum absolute atomic E-state index is 0.351. The maximum Gasteiger partial charge on any atom is 0.336 e. The van der Waals surface area contributed by atoms with Crippen molar-refractivity contribution in [1.82, 2.24) is 0 Å². The van der Waals surface area contributed by atoms with Crippen LogP contribution in [0.4, 0.5) is 5.69 Å². The van der Waals surface area contributed by atoms with Gasteiger partial charge in [0.2, 0.25) is 0 Å². The Morgan fingerprint density at radius 2 is 2.12 bits per heavy atom. The average Bonchev–Trinajstić information content (AvgIpc) is 2.29. The number of benzene rings is 1. The molecular weight excluding hydrogens is 282 g/mol. The van der Waals surface area contributed by atoms with E-state index in [-0.39, 0.29) is 0 Å². The molecule has 0 saturated heterocycles. The zero-order valence-corrected chi connectivity index (χ0v) is 12.2. The maximum atomic E-state index is 11.1. The van der Waals surface area contributed by atoms with Crippen molar-refractivity contribution in [3.8, 4) is 0 Å². The highest BCUT2D eigenvalue weighted by molar-refractivity contribution is 9.10. The first-order valence-electron chi connectivity index (χ1n) is 5.64. The molecule has 0 saturated carbocycles. The monoisotopic (exact) mass is 299 g/mol. The molecule has 0 spiro atoms. The van der Waals surface area contributed by atoms with Crippen molar-refractivity contribution in [2.45, 2.75) is 33.2 Å². The van der Waals surface area contributed by atoms with Crippen LogP contribution in [0.2, 0.25) is 0 Å². The summed E-state index contributed by atoms with van der Waals surface area (Å²) in [5, 5.41) is 9.15. The van der Waals surface area contributed by atoms with Crippen LogP contribution in [0.1, 0.15) is 36.2 Å². The van der Waals surface area contributed by atoms with E-state index in [1.54, 1.807) is 6.07 Å². The predicted molar refractivity (Wildman–Crippen MR) is 74.0 cm³/mol. The lowest BCUT2D eigenvalue weighted by Crippen LogP contribution is -2.29. The van der Waals surface area contributed by atoms with Gasteiger partial charge < -0.3 is 10.0 Å². The highest BCUT2D eigenvalue weighted by atomic mass is 79.9. The molecule has 17 heavy (non-hydrogen) atoms. The normalized spacial score (nSPS) is 12.3. The molecule has 0 amide bonds. The van der Waals surface area contributed by atoms with E-state index in [0.717, 1.165) is 22.1 Å². The van der Waals surface area contributed by atoms with Gasteiger partial charge in [0.1, 0.15) is 0 Å². The van der Waals surface area contributed by atoms with Crippen molar-refractivity contribution < 1.29 is 9.90 Å².